The second-order valence-electron chi connectivity index (χ2n) is 7.38. The lowest BCUT2D eigenvalue weighted by Crippen LogP contribution is -2.43. The Hall–Kier alpha value is -3.37. The molecule has 0 radical (unpaired) electrons. The fraction of sp³-hybridized carbons (Fsp3) is 0.364. The number of piperidine rings is 1. The lowest BCUT2D eigenvalue weighted by molar-refractivity contribution is -0.153. The van der Waals surface area contributed by atoms with Crippen LogP contribution in [0.15, 0.2) is 48.5 Å². The molecular weight excluding hydrogens is 451 g/mol. The Morgan fingerprint density at radius 2 is 1.79 bits per heavy atom. The lowest BCUT2D eigenvalue weighted by Gasteiger charge is -2.32. The second-order valence-corrected chi connectivity index (χ2v) is 7.38. The highest BCUT2D eigenvalue weighted by molar-refractivity contribution is 5.98. The van der Waals surface area contributed by atoms with Crippen molar-refractivity contribution in [2.45, 2.75) is 25.6 Å². The Bertz CT molecular complexity index is 966. The van der Waals surface area contributed by atoms with Gasteiger partial charge in [-0.1, -0.05) is 12.1 Å². The largest absolute Gasteiger partial charge is 0.484 e. The molecule has 11 heteroatoms. The van der Waals surface area contributed by atoms with Gasteiger partial charge in [0.15, 0.2) is 6.61 Å². The Balaban J connectivity index is 1.60. The molecule has 1 atom stereocenters. The van der Waals surface area contributed by atoms with Gasteiger partial charge in [-0.15, -0.1) is 0 Å². The van der Waals surface area contributed by atoms with Crippen LogP contribution in [0.3, 0.4) is 0 Å². The highest BCUT2D eigenvalue weighted by Gasteiger charge is 2.31. The zero-order valence-electron chi connectivity index (χ0n) is 17.3. The fourth-order valence-electron chi connectivity index (χ4n) is 3.43. The number of ether oxygens (including phenoxy) is 2. The van der Waals surface area contributed by atoms with E-state index in [1.165, 1.54) is 53.4 Å². The number of halogens is 5. The molecule has 2 aromatic carbocycles. The Morgan fingerprint density at radius 1 is 1.09 bits per heavy atom. The van der Waals surface area contributed by atoms with Crippen molar-refractivity contribution in [3.05, 3.63) is 54.1 Å². The van der Waals surface area contributed by atoms with Crippen LogP contribution in [0, 0.1) is 5.92 Å². The van der Waals surface area contributed by atoms with Gasteiger partial charge in [0.2, 0.25) is 5.91 Å². The molecule has 2 aromatic rings. The van der Waals surface area contributed by atoms with E-state index in [9.17, 15) is 31.5 Å². The molecule has 1 unspecified atom stereocenters. The topological polar surface area (TPSA) is 67.9 Å². The number of nitrogens with zero attached hydrogens (tertiary/aromatic N) is 1. The maximum absolute atomic E-state index is 12.9. The van der Waals surface area contributed by atoms with Gasteiger partial charge in [-0.25, -0.2) is 0 Å². The zero-order valence-corrected chi connectivity index (χ0v) is 17.3. The van der Waals surface area contributed by atoms with Crippen LogP contribution in [-0.4, -0.2) is 49.2 Å². The minimum absolute atomic E-state index is 0.00411. The van der Waals surface area contributed by atoms with Crippen LogP contribution in [0.5, 0.6) is 11.5 Å². The summed E-state index contributed by atoms with van der Waals surface area (Å²) in [7, 11) is 0. The van der Waals surface area contributed by atoms with Gasteiger partial charge in [-0.3, -0.25) is 9.59 Å². The Labute approximate surface area is 186 Å². The minimum atomic E-state index is -4.46. The van der Waals surface area contributed by atoms with Crippen molar-refractivity contribution in [3.8, 4) is 11.5 Å². The summed E-state index contributed by atoms with van der Waals surface area (Å²) in [6.07, 6.45) is -3.41. The van der Waals surface area contributed by atoms with Gasteiger partial charge in [0.25, 0.3) is 5.91 Å². The van der Waals surface area contributed by atoms with Crippen LogP contribution in [0.1, 0.15) is 23.2 Å². The van der Waals surface area contributed by atoms with Gasteiger partial charge in [0.05, 0.1) is 11.5 Å². The average molecular weight is 472 g/mol. The summed E-state index contributed by atoms with van der Waals surface area (Å²) in [5, 5.41) is 2.67. The van der Waals surface area contributed by atoms with Crippen molar-refractivity contribution in [1.29, 1.82) is 0 Å². The van der Waals surface area contributed by atoms with Crippen LogP contribution < -0.4 is 14.8 Å². The summed E-state index contributed by atoms with van der Waals surface area (Å²) in [5.74, 6) is -1.67. The number of benzene rings is 2. The first-order valence-corrected chi connectivity index (χ1v) is 10.1. The third kappa shape index (κ3) is 7.06. The monoisotopic (exact) mass is 472 g/mol. The minimum Gasteiger partial charge on any atom is -0.484 e. The molecule has 33 heavy (non-hydrogen) atoms. The van der Waals surface area contributed by atoms with Crippen LogP contribution in [0.25, 0.3) is 0 Å². The van der Waals surface area contributed by atoms with Crippen molar-refractivity contribution < 1.29 is 41.0 Å². The van der Waals surface area contributed by atoms with E-state index in [1.54, 1.807) is 0 Å². The van der Waals surface area contributed by atoms with E-state index in [0.717, 1.165) is 0 Å². The summed E-state index contributed by atoms with van der Waals surface area (Å²) >= 11 is 0. The van der Waals surface area contributed by atoms with Gasteiger partial charge >= 0.3 is 12.8 Å². The van der Waals surface area contributed by atoms with E-state index in [0.29, 0.717) is 25.1 Å². The van der Waals surface area contributed by atoms with Gasteiger partial charge in [0.1, 0.15) is 11.5 Å². The number of anilines is 1. The van der Waals surface area contributed by atoms with Crippen LogP contribution >= 0.6 is 0 Å². The molecule has 1 aliphatic heterocycles. The van der Waals surface area contributed by atoms with Crippen LogP contribution in [-0.2, 0) is 4.79 Å². The Kier molecular flexibility index (Phi) is 7.72. The molecule has 3 rings (SSSR count). The van der Waals surface area contributed by atoms with Crippen molar-refractivity contribution in [2.75, 3.05) is 25.0 Å². The number of likely N-dealkylation sites (tertiary alicyclic amines) is 1. The third-order valence-electron chi connectivity index (χ3n) is 4.94. The number of hydrogen-bond acceptors (Lipinski definition) is 4. The van der Waals surface area contributed by atoms with E-state index < -0.39 is 31.2 Å². The molecule has 0 aliphatic carbocycles. The average Bonchev–Trinajstić information content (AvgIpc) is 2.78. The molecule has 1 fully saturated rings. The van der Waals surface area contributed by atoms with Crippen LogP contribution in [0.2, 0.25) is 0 Å². The first-order valence-electron chi connectivity index (χ1n) is 10.1. The first-order chi connectivity index (χ1) is 15.6. The van der Waals surface area contributed by atoms with E-state index in [-0.39, 0.29) is 29.5 Å². The summed E-state index contributed by atoms with van der Waals surface area (Å²) in [6.45, 7) is -4.06. The number of para-hydroxylation sites is 1. The maximum Gasteiger partial charge on any atom is 0.422 e. The van der Waals surface area contributed by atoms with Crippen molar-refractivity contribution in [3.63, 3.8) is 0 Å². The molecular formula is C22H21F5N2O4. The van der Waals surface area contributed by atoms with Crippen molar-refractivity contribution in [2.24, 2.45) is 5.92 Å². The van der Waals surface area contributed by atoms with Crippen LogP contribution in [0.4, 0.5) is 27.6 Å². The summed E-state index contributed by atoms with van der Waals surface area (Å²) < 4.78 is 71.0. The molecule has 1 N–H and O–H groups in total. The second kappa shape index (κ2) is 10.5. The van der Waals surface area contributed by atoms with E-state index in [1.807, 2.05) is 0 Å². The highest BCUT2D eigenvalue weighted by atomic mass is 19.4. The summed E-state index contributed by atoms with van der Waals surface area (Å²) in [6, 6.07) is 11.1. The van der Waals surface area contributed by atoms with Gasteiger partial charge in [-0.2, -0.15) is 22.0 Å². The van der Waals surface area contributed by atoms with E-state index >= 15 is 0 Å². The number of carbonyl (C=O) groups excluding carboxylic acids is 2. The Morgan fingerprint density at radius 3 is 2.45 bits per heavy atom. The molecule has 1 heterocycles. The molecule has 0 spiro atoms. The van der Waals surface area contributed by atoms with Crippen molar-refractivity contribution in [1.82, 2.24) is 4.90 Å². The lowest BCUT2D eigenvalue weighted by atomic mass is 9.96. The smallest absolute Gasteiger partial charge is 0.422 e. The van der Waals surface area contributed by atoms with E-state index in [2.05, 4.69) is 14.8 Å². The number of rotatable bonds is 7. The quantitative estimate of drug-likeness (QED) is 0.593. The summed E-state index contributed by atoms with van der Waals surface area (Å²) in [5.41, 5.74) is 0.340. The number of hydrogen-bond donors (Lipinski definition) is 1. The van der Waals surface area contributed by atoms with Gasteiger partial charge < -0.3 is 19.7 Å². The predicted molar refractivity (Wildman–Crippen MR) is 108 cm³/mol. The number of alkyl halides is 5. The number of nitrogens with one attached hydrogen (secondary N) is 1. The molecule has 0 bridgehead atoms. The number of carbonyl (C=O) groups is 2. The molecule has 1 aliphatic rings. The standard InChI is InChI=1S/C22H21F5N2O4/c23-21(24)33-18-6-2-1-5-17(18)20(31)29-11-3-4-14(12-29)19(30)28-15-7-9-16(10-8-15)32-13-22(25,26)27/h1-2,5-10,14,21H,3-4,11-13H2,(H,28,30). The van der Waals surface area contributed by atoms with E-state index in [4.69, 9.17) is 0 Å². The summed E-state index contributed by atoms with van der Waals surface area (Å²) in [4.78, 5) is 27.0. The maximum atomic E-state index is 12.9. The molecule has 2 amide bonds. The molecule has 6 nitrogen and oxygen atoms in total. The molecule has 178 valence electrons. The van der Waals surface area contributed by atoms with Gasteiger partial charge in [0, 0.05) is 18.8 Å². The predicted octanol–water partition coefficient (Wildman–Crippen LogP) is 4.72. The highest BCUT2D eigenvalue weighted by Crippen LogP contribution is 2.26. The number of amides is 2. The van der Waals surface area contributed by atoms with Crippen molar-refractivity contribution >= 4 is 17.5 Å². The SMILES string of the molecule is O=C(Nc1ccc(OCC(F)(F)F)cc1)C1CCCN(C(=O)c2ccccc2OC(F)F)C1. The normalized spacial score (nSPS) is 16.4. The fourth-order valence-corrected chi connectivity index (χ4v) is 3.43. The molecule has 0 aromatic heterocycles. The third-order valence-corrected chi connectivity index (χ3v) is 4.94. The first kappa shape index (κ1) is 24.3. The van der Waals surface area contributed by atoms with Gasteiger partial charge in [-0.05, 0) is 49.2 Å². The molecule has 0 saturated carbocycles. The molecule has 1 saturated heterocycles. The zero-order chi connectivity index (χ0) is 24.0.